The molecule has 13 nitrogen and oxygen atoms in total. The van der Waals surface area contributed by atoms with Crippen molar-refractivity contribution >= 4 is 58.2 Å². The van der Waals surface area contributed by atoms with E-state index in [1.807, 2.05) is 26.2 Å². The number of allylic oxidation sites excluding steroid dienone is 1. The molecule has 304 valence electrons. The lowest BCUT2D eigenvalue weighted by Crippen LogP contribution is -2.52. The molecule has 0 aliphatic heterocycles. The van der Waals surface area contributed by atoms with Gasteiger partial charge in [-0.3, -0.25) is 4.79 Å². The van der Waals surface area contributed by atoms with Crippen LogP contribution in [0.2, 0.25) is 32.2 Å². The molecule has 0 saturated carbocycles. The molecule has 0 bridgehead atoms. The molecule has 0 heterocycles. The molecular formula is C43H48N2O11Si2. The summed E-state index contributed by atoms with van der Waals surface area (Å²) in [5, 5.41) is 8.56. The van der Waals surface area contributed by atoms with Gasteiger partial charge in [-0.05, 0) is 137 Å². The first-order valence-electron chi connectivity index (χ1n) is 18.4. The van der Waals surface area contributed by atoms with Crippen LogP contribution in [0.4, 0.5) is 11.4 Å². The summed E-state index contributed by atoms with van der Waals surface area (Å²) in [5.74, 6) is -1.53. The average Bonchev–Trinajstić information content (AvgIpc) is 3.13. The molecule has 0 fully saturated rings. The first-order valence-corrected chi connectivity index (χ1v) is 24.3. The second kappa shape index (κ2) is 19.9. The first kappa shape index (κ1) is 44.7. The third-order valence-electron chi connectivity index (χ3n) is 7.55. The van der Waals surface area contributed by atoms with E-state index in [1.54, 1.807) is 107 Å². The van der Waals surface area contributed by atoms with E-state index in [9.17, 15) is 19.2 Å². The Balaban J connectivity index is 1.25. The van der Waals surface area contributed by atoms with Crippen molar-refractivity contribution in [2.24, 2.45) is 10.2 Å². The van der Waals surface area contributed by atoms with Gasteiger partial charge in [0.25, 0.3) is 0 Å². The van der Waals surface area contributed by atoms with Crippen molar-refractivity contribution in [2.45, 2.75) is 65.7 Å². The van der Waals surface area contributed by atoms with Gasteiger partial charge in [-0.25, -0.2) is 14.4 Å². The van der Waals surface area contributed by atoms with Crippen LogP contribution in [0.1, 0.15) is 54.0 Å². The molecule has 0 aliphatic carbocycles. The van der Waals surface area contributed by atoms with Crippen LogP contribution in [0, 0.1) is 0 Å². The third kappa shape index (κ3) is 15.2. The Morgan fingerprint density at radius 3 is 1.64 bits per heavy atom. The number of rotatable bonds is 18. The van der Waals surface area contributed by atoms with Crippen LogP contribution >= 0.6 is 0 Å². The number of hydrogen-bond donors (Lipinski definition) is 0. The molecule has 4 aromatic carbocycles. The summed E-state index contributed by atoms with van der Waals surface area (Å²) in [6.07, 6.45) is 2.91. The van der Waals surface area contributed by atoms with Crippen molar-refractivity contribution in [3.63, 3.8) is 0 Å². The maximum atomic E-state index is 12.8. The standard InChI is InChI=1S/C43H48N2O11Si2/c1-10-50-39(46)28-13-31-11-22-36(23-12-31)52-41(48)32-14-16-33(17-15-32)42(49)53-37-24-18-34(19-25-37)44-45-35-20-26-38(27-21-35)54-43(4,5)55-58(8,9)56-57(6,7)29-40(47)51-30(2)3/h11-28H,2,10,29H2,1,3-9H3/b28-13+,45-44?. The van der Waals surface area contributed by atoms with Crippen LogP contribution in [0.5, 0.6) is 17.2 Å². The van der Waals surface area contributed by atoms with Gasteiger partial charge >= 0.3 is 32.4 Å². The van der Waals surface area contributed by atoms with E-state index in [2.05, 4.69) is 16.8 Å². The van der Waals surface area contributed by atoms with Gasteiger partial charge in [0, 0.05) is 19.9 Å². The van der Waals surface area contributed by atoms with E-state index in [4.69, 9.17) is 32.2 Å². The Morgan fingerprint density at radius 1 is 0.707 bits per heavy atom. The predicted octanol–water partition coefficient (Wildman–Crippen LogP) is 10.2. The lowest BCUT2D eigenvalue weighted by Gasteiger charge is -2.38. The second-order valence-corrected chi connectivity index (χ2v) is 22.1. The van der Waals surface area contributed by atoms with E-state index in [-0.39, 0.29) is 29.7 Å². The molecule has 4 aromatic rings. The van der Waals surface area contributed by atoms with Crippen LogP contribution in [-0.4, -0.2) is 53.1 Å². The smallest absolute Gasteiger partial charge is 0.343 e. The fourth-order valence-corrected chi connectivity index (χ4v) is 13.3. The highest BCUT2D eigenvalue weighted by Crippen LogP contribution is 2.29. The number of nitrogens with zero attached hydrogens (tertiary/aromatic N) is 2. The summed E-state index contributed by atoms with van der Waals surface area (Å²) < 4.78 is 39.8. The number of esters is 4. The zero-order chi connectivity index (χ0) is 42.5. The average molecular weight is 825 g/mol. The molecular weight excluding hydrogens is 777 g/mol. The number of ether oxygens (including phenoxy) is 5. The monoisotopic (exact) mass is 824 g/mol. The van der Waals surface area contributed by atoms with Gasteiger partial charge in [-0.15, -0.1) is 0 Å². The third-order valence-corrected chi connectivity index (χ3v) is 13.8. The van der Waals surface area contributed by atoms with Gasteiger partial charge in [-0.1, -0.05) is 18.7 Å². The van der Waals surface area contributed by atoms with Crippen LogP contribution in [0.15, 0.2) is 126 Å². The lowest BCUT2D eigenvalue weighted by molar-refractivity contribution is -0.138. The van der Waals surface area contributed by atoms with Crippen LogP contribution < -0.4 is 14.2 Å². The number of benzene rings is 4. The van der Waals surface area contributed by atoms with Crippen molar-refractivity contribution in [3.8, 4) is 17.2 Å². The van der Waals surface area contributed by atoms with Gasteiger partial charge in [-0.2, -0.15) is 10.2 Å². The molecule has 15 heteroatoms. The van der Waals surface area contributed by atoms with E-state index in [1.165, 1.54) is 30.3 Å². The maximum absolute atomic E-state index is 12.8. The molecule has 0 amide bonds. The van der Waals surface area contributed by atoms with Crippen LogP contribution in [0.25, 0.3) is 6.08 Å². The quantitative estimate of drug-likeness (QED) is 0.0179. The minimum atomic E-state index is -2.73. The zero-order valence-electron chi connectivity index (χ0n) is 33.9. The number of carbonyl (C=O) groups is 4. The Labute approximate surface area is 340 Å². The molecule has 0 N–H and O–H groups in total. The molecule has 0 unspecified atom stereocenters. The second-order valence-electron chi connectivity index (χ2n) is 14.4. The van der Waals surface area contributed by atoms with E-state index < -0.39 is 40.6 Å². The van der Waals surface area contributed by atoms with Gasteiger partial charge in [0.15, 0.2) is 14.1 Å². The molecule has 0 aliphatic rings. The molecule has 0 atom stereocenters. The van der Waals surface area contributed by atoms with Crippen molar-refractivity contribution in [1.82, 2.24) is 0 Å². The highest BCUT2D eigenvalue weighted by Gasteiger charge is 2.41. The molecule has 0 spiro atoms. The van der Waals surface area contributed by atoms with Crippen molar-refractivity contribution < 1.29 is 51.4 Å². The maximum Gasteiger partial charge on any atom is 0.343 e. The molecule has 58 heavy (non-hydrogen) atoms. The van der Waals surface area contributed by atoms with Gasteiger partial charge < -0.3 is 32.2 Å². The fraction of sp³-hybridized carbons (Fsp3) is 0.256. The Kier molecular flexibility index (Phi) is 15.4. The Morgan fingerprint density at radius 2 is 1.17 bits per heavy atom. The van der Waals surface area contributed by atoms with Crippen molar-refractivity contribution in [3.05, 3.63) is 132 Å². The summed E-state index contributed by atoms with van der Waals surface area (Å²) in [4.78, 5) is 49.1. The Hall–Kier alpha value is -6.01. The summed E-state index contributed by atoms with van der Waals surface area (Å²) >= 11 is 0. The number of hydrogen-bond acceptors (Lipinski definition) is 13. The molecule has 0 saturated heterocycles. The van der Waals surface area contributed by atoms with E-state index in [0.29, 0.717) is 34.4 Å². The summed E-state index contributed by atoms with van der Waals surface area (Å²) in [7, 11) is -5.18. The Bertz CT molecular complexity index is 2130. The van der Waals surface area contributed by atoms with E-state index >= 15 is 0 Å². The lowest BCUT2D eigenvalue weighted by atomic mass is 10.1. The summed E-state index contributed by atoms with van der Waals surface area (Å²) in [6, 6.07) is 26.2. The topological polar surface area (TPSA) is 158 Å². The fourth-order valence-electron chi connectivity index (χ4n) is 5.55. The minimum absolute atomic E-state index is 0.174. The largest absolute Gasteiger partial charge is 0.464 e. The normalized spacial score (nSPS) is 11.9. The van der Waals surface area contributed by atoms with Gasteiger partial charge in [0.05, 0.1) is 40.9 Å². The van der Waals surface area contributed by atoms with Crippen molar-refractivity contribution in [1.29, 1.82) is 0 Å². The molecule has 0 radical (unpaired) electrons. The minimum Gasteiger partial charge on any atom is -0.464 e. The molecule has 4 rings (SSSR count). The van der Waals surface area contributed by atoms with Crippen LogP contribution in [0.3, 0.4) is 0 Å². The highest BCUT2D eigenvalue weighted by atomic mass is 28.4. The van der Waals surface area contributed by atoms with Crippen LogP contribution in [-0.2, 0) is 27.6 Å². The first-order chi connectivity index (χ1) is 27.3. The highest BCUT2D eigenvalue weighted by molar-refractivity contribution is 6.83. The zero-order valence-corrected chi connectivity index (χ0v) is 35.9. The van der Waals surface area contributed by atoms with Gasteiger partial charge in [0.2, 0.25) is 0 Å². The summed E-state index contributed by atoms with van der Waals surface area (Å²) in [6.45, 7) is 18.6. The molecule has 0 aromatic heterocycles. The van der Waals surface area contributed by atoms with Crippen molar-refractivity contribution in [2.75, 3.05) is 6.61 Å². The SMILES string of the molecule is C=C(C)OC(=O)C[Si](C)(C)O[Si](C)(C)OC(C)(C)Oc1ccc(N=Nc2ccc(OC(=O)c3ccc(C(=O)Oc4ccc(/C=C/C(=O)OCC)cc4)cc3)cc2)cc1. The number of carbonyl (C=O) groups excluding carboxylic acids is 4. The number of azo groups is 1. The van der Waals surface area contributed by atoms with Gasteiger partial charge in [0.1, 0.15) is 17.2 Å². The predicted molar refractivity (Wildman–Crippen MR) is 223 cm³/mol. The summed E-state index contributed by atoms with van der Waals surface area (Å²) in [5.41, 5.74) is 2.33. The van der Waals surface area contributed by atoms with E-state index in [0.717, 1.165) is 5.56 Å².